The van der Waals surface area contributed by atoms with E-state index >= 15 is 0 Å². The van der Waals surface area contributed by atoms with E-state index in [0.29, 0.717) is 6.04 Å². The van der Waals surface area contributed by atoms with Crippen LogP contribution in [0.25, 0.3) is 22.0 Å². The molecule has 2 N–H and O–H groups in total. The third-order valence-corrected chi connectivity index (χ3v) is 5.25. The Labute approximate surface area is 161 Å². The average molecular weight is 361 g/mol. The van der Waals surface area contributed by atoms with Crippen molar-refractivity contribution >= 4 is 16.6 Å². The Morgan fingerprint density at radius 1 is 0.852 bits per heavy atom. The van der Waals surface area contributed by atoms with Gasteiger partial charge < -0.3 is 10.6 Å². The Hall–Kier alpha value is -2.46. The first kappa shape index (κ1) is 17.9. The molecule has 4 rings (SSSR count). The van der Waals surface area contributed by atoms with Gasteiger partial charge in [0.15, 0.2) is 0 Å². The molecule has 0 atom stereocenters. The van der Waals surface area contributed by atoms with Gasteiger partial charge in [-0.3, -0.25) is 0 Å². The van der Waals surface area contributed by atoms with E-state index in [0.717, 1.165) is 29.9 Å². The highest BCUT2D eigenvalue weighted by Gasteiger charge is 2.37. The van der Waals surface area contributed by atoms with Crippen molar-refractivity contribution in [3.8, 4) is 11.3 Å². The van der Waals surface area contributed by atoms with Crippen molar-refractivity contribution in [1.82, 2.24) is 15.5 Å². The number of nitrogens with one attached hydrogen (secondary N) is 2. The molecule has 0 radical (unpaired) electrons. The molecule has 0 unspecified atom stereocenters. The fourth-order valence-corrected chi connectivity index (χ4v) is 4.55. The third kappa shape index (κ3) is 4.11. The summed E-state index contributed by atoms with van der Waals surface area (Å²) in [7, 11) is 0. The highest BCUT2D eigenvalue weighted by molar-refractivity contribution is 5.86. The lowest BCUT2D eigenvalue weighted by atomic mass is 9.79. The molecule has 0 aliphatic carbocycles. The number of aromatic nitrogens is 2. The number of anilines is 1. The predicted molar refractivity (Wildman–Crippen MR) is 113 cm³/mol. The lowest BCUT2D eigenvalue weighted by molar-refractivity contribution is 0.170. The standard InChI is InChI=1S/C23H28N4/c1-22(2)14-19(15-23(3,4)27-22)24-21-12-11-20(25-26-21)18-10-9-16-7-5-6-8-17(16)13-18/h5-13,19,27H,14-15H2,1-4H3,(H,24,26). The van der Waals surface area contributed by atoms with Crippen LogP contribution in [0.1, 0.15) is 40.5 Å². The molecule has 27 heavy (non-hydrogen) atoms. The van der Waals surface area contributed by atoms with Crippen LogP contribution in [0.15, 0.2) is 54.6 Å². The summed E-state index contributed by atoms with van der Waals surface area (Å²) < 4.78 is 0. The highest BCUT2D eigenvalue weighted by Crippen LogP contribution is 2.30. The summed E-state index contributed by atoms with van der Waals surface area (Å²) in [6.07, 6.45) is 2.12. The van der Waals surface area contributed by atoms with Crippen molar-refractivity contribution in [3.05, 3.63) is 54.6 Å². The molecule has 0 bridgehead atoms. The van der Waals surface area contributed by atoms with Crippen LogP contribution in [0.4, 0.5) is 5.82 Å². The van der Waals surface area contributed by atoms with Crippen molar-refractivity contribution < 1.29 is 0 Å². The van der Waals surface area contributed by atoms with Gasteiger partial charge in [0.05, 0.1) is 5.69 Å². The Morgan fingerprint density at radius 3 is 2.22 bits per heavy atom. The molecule has 2 heterocycles. The number of hydrogen-bond acceptors (Lipinski definition) is 4. The van der Waals surface area contributed by atoms with E-state index in [4.69, 9.17) is 0 Å². The zero-order valence-electron chi connectivity index (χ0n) is 16.6. The fraction of sp³-hybridized carbons (Fsp3) is 0.391. The minimum atomic E-state index is 0.109. The second kappa shape index (κ2) is 6.61. The maximum absolute atomic E-state index is 4.47. The lowest BCUT2D eigenvalue weighted by Gasteiger charge is -2.46. The highest BCUT2D eigenvalue weighted by atomic mass is 15.2. The molecular weight excluding hydrogens is 332 g/mol. The van der Waals surface area contributed by atoms with Crippen molar-refractivity contribution in [1.29, 1.82) is 0 Å². The Bertz CT molecular complexity index is 928. The molecule has 0 spiro atoms. The molecule has 3 aromatic rings. The Balaban J connectivity index is 1.51. The lowest BCUT2D eigenvalue weighted by Crippen LogP contribution is -2.60. The maximum Gasteiger partial charge on any atom is 0.148 e. The summed E-state index contributed by atoms with van der Waals surface area (Å²) in [5, 5.41) is 18.7. The van der Waals surface area contributed by atoms with Gasteiger partial charge in [-0.05, 0) is 69.5 Å². The maximum atomic E-state index is 4.47. The normalized spacial score (nSPS) is 19.1. The van der Waals surface area contributed by atoms with E-state index < -0.39 is 0 Å². The first-order valence-electron chi connectivity index (χ1n) is 9.69. The predicted octanol–water partition coefficient (Wildman–Crippen LogP) is 5.02. The minimum absolute atomic E-state index is 0.109. The van der Waals surface area contributed by atoms with Gasteiger partial charge in [0.2, 0.25) is 0 Å². The first-order chi connectivity index (χ1) is 12.8. The summed E-state index contributed by atoms with van der Waals surface area (Å²) >= 11 is 0. The summed E-state index contributed by atoms with van der Waals surface area (Å²) in [6.45, 7) is 9.04. The zero-order chi connectivity index (χ0) is 19.1. The molecule has 140 valence electrons. The quantitative estimate of drug-likeness (QED) is 0.689. The van der Waals surface area contributed by atoms with Crippen LogP contribution in [0.5, 0.6) is 0 Å². The molecular formula is C23H28N4. The number of hydrogen-bond donors (Lipinski definition) is 2. The van der Waals surface area contributed by atoms with E-state index in [1.165, 1.54) is 10.8 Å². The first-order valence-corrected chi connectivity index (χ1v) is 9.69. The Morgan fingerprint density at radius 2 is 1.56 bits per heavy atom. The van der Waals surface area contributed by atoms with Crippen molar-refractivity contribution in [3.63, 3.8) is 0 Å². The van der Waals surface area contributed by atoms with E-state index in [1.807, 2.05) is 6.07 Å². The van der Waals surface area contributed by atoms with Crippen molar-refractivity contribution in [2.75, 3.05) is 5.32 Å². The molecule has 1 aliphatic rings. The van der Waals surface area contributed by atoms with E-state index in [9.17, 15) is 0 Å². The van der Waals surface area contributed by atoms with Gasteiger partial charge in [-0.25, -0.2) is 0 Å². The molecule has 0 saturated carbocycles. The van der Waals surface area contributed by atoms with Crippen LogP contribution in [-0.2, 0) is 0 Å². The zero-order valence-corrected chi connectivity index (χ0v) is 16.6. The number of benzene rings is 2. The molecule has 2 aromatic carbocycles. The van der Waals surface area contributed by atoms with Gasteiger partial charge in [-0.15, -0.1) is 10.2 Å². The summed E-state index contributed by atoms with van der Waals surface area (Å²) in [5.41, 5.74) is 2.21. The van der Waals surface area contributed by atoms with Crippen LogP contribution in [-0.4, -0.2) is 27.3 Å². The average Bonchev–Trinajstić information content (AvgIpc) is 2.59. The largest absolute Gasteiger partial charge is 0.366 e. The number of nitrogens with zero attached hydrogens (tertiary/aromatic N) is 2. The van der Waals surface area contributed by atoms with Crippen molar-refractivity contribution in [2.24, 2.45) is 0 Å². The molecule has 1 saturated heterocycles. The molecule has 4 heteroatoms. The number of fused-ring (bicyclic) bond motifs is 1. The van der Waals surface area contributed by atoms with Gasteiger partial charge in [0.1, 0.15) is 5.82 Å². The minimum Gasteiger partial charge on any atom is -0.366 e. The topological polar surface area (TPSA) is 49.8 Å². The van der Waals surface area contributed by atoms with E-state index in [1.54, 1.807) is 0 Å². The van der Waals surface area contributed by atoms with Gasteiger partial charge in [-0.1, -0.05) is 36.4 Å². The summed E-state index contributed by atoms with van der Waals surface area (Å²) in [5.74, 6) is 0.845. The van der Waals surface area contributed by atoms with Crippen LogP contribution < -0.4 is 10.6 Å². The number of rotatable bonds is 3. The third-order valence-electron chi connectivity index (χ3n) is 5.25. The van der Waals surface area contributed by atoms with Crippen LogP contribution in [0.2, 0.25) is 0 Å². The van der Waals surface area contributed by atoms with E-state index in [2.05, 4.69) is 97.1 Å². The smallest absolute Gasteiger partial charge is 0.148 e. The van der Waals surface area contributed by atoms with Gasteiger partial charge in [0, 0.05) is 22.7 Å². The second-order valence-corrected chi connectivity index (χ2v) is 9.01. The van der Waals surface area contributed by atoms with E-state index in [-0.39, 0.29) is 11.1 Å². The van der Waals surface area contributed by atoms with Gasteiger partial charge in [0.25, 0.3) is 0 Å². The van der Waals surface area contributed by atoms with Crippen LogP contribution in [0.3, 0.4) is 0 Å². The summed E-state index contributed by atoms with van der Waals surface area (Å²) in [6, 6.07) is 19.3. The monoisotopic (exact) mass is 360 g/mol. The number of piperidine rings is 1. The van der Waals surface area contributed by atoms with Gasteiger partial charge >= 0.3 is 0 Å². The molecule has 1 aliphatic heterocycles. The summed E-state index contributed by atoms with van der Waals surface area (Å²) in [4.78, 5) is 0. The SMILES string of the molecule is CC1(C)CC(Nc2ccc(-c3ccc4ccccc4c3)nn2)CC(C)(C)N1. The van der Waals surface area contributed by atoms with Crippen LogP contribution >= 0.6 is 0 Å². The molecule has 1 aromatic heterocycles. The molecule has 0 amide bonds. The molecule has 1 fully saturated rings. The molecule has 4 nitrogen and oxygen atoms in total. The fourth-order valence-electron chi connectivity index (χ4n) is 4.55. The van der Waals surface area contributed by atoms with Crippen LogP contribution in [0, 0.1) is 0 Å². The van der Waals surface area contributed by atoms with Gasteiger partial charge in [-0.2, -0.15) is 0 Å². The second-order valence-electron chi connectivity index (χ2n) is 9.01. The Kier molecular flexibility index (Phi) is 4.39. The van der Waals surface area contributed by atoms with Crippen molar-refractivity contribution in [2.45, 2.75) is 57.7 Å².